The van der Waals surface area contributed by atoms with E-state index in [-0.39, 0.29) is 0 Å². The van der Waals surface area contributed by atoms with Crippen molar-refractivity contribution in [1.82, 2.24) is 59.8 Å². The summed E-state index contributed by atoms with van der Waals surface area (Å²) in [5, 5.41) is 3.51. The van der Waals surface area contributed by atoms with Crippen LogP contribution in [0, 0.1) is 20.8 Å². The molecular formula is C95H68N12. The van der Waals surface area contributed by atoms with Crippen LogP contribution < -0.4 is 0 Å². The van der Waals surface area contributed by atoms with Crippen LogP contribution in [0.5, 0.6) is 0 Å². The summed E-state index contributed by atoms with van der Waals surface area (Å²) in [5.41, 5.74) is 21.8. The predicted molar refractivity (Wildman–Crippen MR) is 433 cm³/mol. The van der Waals surface area contributed by atoms with Crippen LogP contribution in [0.2, 0.25) is 0 Å². The second-order valence-corrected chi connectivity index (χ2v) is 25.8. The van der Waals surface area contributed by atoms with Gasteiger partial charge in [-0.15, -0.1) is 0 Å². The normalized spacial score (nSPS) is 10.9. The van der Waals surface area contributed by atoms with E-state index in [0.717, 1.165) is 117 Å². The number of pyridine rings is 3. The summed E-state index contributed by atoms with van der Waals surface area (Å²) in [6.07, 6.45) is 3.70. The van der Waals surface area contributed by atoms with Gasteiger partial charge in [0.25, 0.3) is 0 Å². The first kappa shape index (κ1) is 67.1. The third-order valence-corrected chi connectivity index (χ3v) is 18.5. The summed E-state index contributed by atoms with van der Waals surface area (Å²) in [6, 6.07) is 117. The molecule has 6 heterocycles. The zero-order valence-electron chi connectivity index (χ0n) is 58.9. The molecule has 0 aliphatic heterocycles. The van der Waals surface area contributed by atoms with Crippen LogP contribution in [0.1, 0.15) is 17.0 Å². The summed E-state index contributed by atoms with van der Waals surface area (Å²) in [6.45, 7) is 6.15. The van der Waals surface area contributed by atoms with Gasteiger partial charge in [0.2, 0.25) is 0 Å². The van der Waals surface area contributed by atoms with E-state index in [1.54, 1.807) is 0 Å². The molecule has 0 N–H and O–H groups in total. The van der Waals surface area contributed by atoms with Gasteiger partial charge in [-0.25, -0.2) is 44.9 Å². The highest BCUT2D eigenvalue weighted by Crippen LogP contribution is 2.36. The molecule has 0 atom stereocenters. The highest BCUT2D eigenvalue weighted by molar-refractivity contribution is 5.97. The smallest absolute Gasteiger partial charge is 0.164 e. The molecule has 0 saturated heterocycles. The Morgan fingerprint density at radius 1 is 0.196 bits per heavy atom. The van der Waals surface area contributed by atoms with Gasteiger partial charge in [-0.1, -0.05) is 309 Å². The molecule has 0 aliphatic rings. The van der Waals surface area contributed by atoms with Crippen molar-refractivity contribution in [1.29, 1.82) is 0 Å². The van der Waals surface area contributed by atoms with Gasteiger partial charge in [-0.05, 0) is 101 Å². The molecule has 0 aliphatic carbocycles. The predicted octanol–water partition coefficient (Wildman–Crippen LogP) is 22.7. The van der Waals surface area contributed by atoms with Crippen molar-refractivity contribution in [3.05, 3.63) is 375 Å². The van der Waals surface area contributed by atoms with E-state index in [0.29, 0.717) is 52.4 Å². The summed E-state index contributed by atoms with van der Waals surface area (Å²) in [7, 11) is 0. The van der Waals surface area contributed by atoms with Gasteiger partial charge >= 0.3 is 0 Å². The lowest BCUT2D eigenvalue weighted by molar-refractivity contribution is 1.07. The molecule has 12 heteroatoms. The average molecular weight is 1380 g/mol. The Labute approximate surface area is 620 Å². The SMILES string of the molecule is Cc1ccc(-c2cccc(-c3nc(-c4ccccc4)nc(-c4ccccc4)n3)c2)c2cccnc12.Cc1cccc(-c2ccc(-c3ccc(-c4nc(-c5ccccc5)nc(-c5ccccc5)n4)cc3)cc2)n1.Cc1nccc2cc(-c3ccc(-c4nc(-c5ccccc5)nc(-c5ccccc5)n4)cc3)ccc12. The van der Waals surface area contributed by atoms with Gasteiger partial charge in [0.15, 0.2) is 52.4 Å². The quantitative estimate of drug-likeness (QED) is 0.108. The minimum absolute atomic E-state index is 0.647. The third kappa shape index (κ3) is 15.4. The molecule has 18 aromatic rings. The van der Waals surface area contributed by atoms with Crippen molar-refractivity contribution in [2.75, 3.05) is 0 Å². The van der Waals surface area contributed by atoms with Crippen LogP contribution in [-0.4, -0.2) is 59.8 Å². The van der Waals surface area contributed by atoms with Gasteiger partial charge in [0.05, 0.1) is 11.2 Å². The molecule has 0 bridgehead atoms. The summed E-state index contributed by atoms with van der Waals surface area (Å²) in [5.74, 6) is 5.92. The maximum atomic E-state index is 4.88. The molecule has 107 heavy (non-hydrogen) atoms. The van der Waals surface area contributed by atoms with Crippen LogP contribution in [-0.2, 0) is 0 Å². The van der Waals surface area contributed by atoms with Crippen LogP contribution in [0.25, 0.3) is 169 Å². The lowest BCUT2D eigenvalue weighted by Gasteiger charge is -2.11. The molecule has 0 saturated carbocycles. The van der Waals surface area contributed by atoms with Gasteiger partial charge < -0.3 is 0 Å². The Kier molecular flexibility index (Phi) is 19.5. The van der Waals surface area contributed by atoms with Crippen LogP contribution in [0.15, 0.2) is 358 Å². The van der Waals surface area contributed by atoms with E-state index in [1.165, 1.54) is 16.3 Å². The fraction of sp³-hybridized carbons (Fsp3) is 0.0316. The van der Waals surface area contributed by atoms with E-state index in [9.17, 15) is 0 Å². The van der Waals surface area contributed by atoms with Gasteiger partial charge in [0, 0.05) is 90.2 Å². The first-order valence-corrected chi connectivity index (χ1v) is 35.4. The number of aromatic nitrogens is 12. The number of nitrogens with zero attached hydrogens (tertiary/aromatic N) is 12. The topological polar surface area (TPSA) is 155 Å². The second kappa shape index (κ2) is 31.1. The fourth-order valence-corrected chi connectivity index (χ4v) is 12.9. The fourth-order valence-electron chi connectivity index (χ4n) is 12.9. The van der Waals surface area contributed by atoms with E-state index in [1.807, 2.05) is 232 Å². The average Bonchev–Trinajstić information content (AvgIpc) is 0.787. The Morgan fingerprint density at radius 3 is 0.963 bits per heavy atom. The van der Waals surface area contributed by atoms with E-state index >= 15 is 0 Å². The largest absolute Gasteiger partial charge is 0.261 e. The monoisotopic (exact) mass is 1380 g/mol. The van der Waals surface area contributed by atoms with E-state index in [2.05, 4.69) is 161 Å². The Hall–Kier alpha value is -14.4. The van der Waals surface area contributed by atoms with Gasteiger partial charge in [-0.3, -0.25) is 15.0 Å². The van der Waals surface area contributed by atoms with Crippen molar-refractivity contribution in [3.63, 3.8) is 0 Å². The lowest BCUT2D eigenvalue weighted by atomic mass is 9.97. The van der Waals surface area contributed by atoms with Crippen molar-refractivity contribution in [2.45, 2.75) is 20.8 Å². The van der Waals surface area contributed by atoms with Gasteiger partial charge in [0.1, 0.15) is 0 Å². The zero-order valence-corrected chi connectivity index (χ0v) is 58.9. The molecule has 0 unspecified atom stereocenters. The molecule has 18 rings (SSSR count). The maximum absolute atomic E-state index is 4.88. The molecule has 0 spiro atoms. The summed E-state index contributed by atoms with van der Waals surface area (Å²) in [4.78, 5) is 57.0. The van der Waals surface area contributed by atoms with Crippen molar-refractivity contribution in [3.8, 4) is 147 Å². The molecule has 12 nitrogen and oxygen atoms in total. The van der Waals surface area contributed by atoms with Crippen molar-refractivity contribution in [2.24, 2.45) is 0 Å². The highest BCUT2D eigenvalue weighted by atomic mass is 15.1. The number of hydrogen-bond acceptors (Lipinski definition) is 12. The number of fused-ring (bicyclic) bond motifs is 2. The van der Waals surface area contributed by atoms with E-state index < -0.39 is 0 Å². The van der Waals surface area contributed by atoms with Crippen molar-refractivity contribution < 1.29 is 0 Å². The minimum Gasteiger partial charge on any atom is -0.261 e. The molecule has 12 aromatic carbocycles. The first-order chi connectivity index (χ1) is 52.7. The van der Waals surface area contributed by atoms with Crippen molar-refractivity contribution >= 4 is 21.7 Å². The first-order valence-electron chi connectivity index (χ1n) is 35.4. The highest BCUT2D eigenvalue weighted by Gasteiger charge is 2.18. The van der Waals surface area contributed by atoms with E-state index in [4.69, 9.17) is 44.9 Å². The molecule has 0 radical (unpaired) electrons. The maximum Gasteiger partial charge on any atom is 0.164 e. The Balaban J connectivity index is 0.000000123. The van der Waals surface area contributed by atoms with Crippen LogP contribution >= 0.6 is 0 Å². The molecule has 508 valence electrons. The molecule has 0 amide bonds. The number of hydrogen-bond donors (Lipinski definition) is 0. The second-order valence-electron chi connectivity index (χ2n) is 25.8. The molecule has 6 aromatic heterocycles. The van der Waals surface area contributed by atoms with Crippen LogP contribution in [0.4, 0.5) is 0 Å². The zero-order chi connectivity index (χ0) is 72.3. The number of aryl methyl sites for hydroxylation is 3. The molecule has 0 fully saturated rings. The third-order valence-electron chi connectivity index (χ3n) is 18.5. The van der Waals surface area contributed by atoms with Gasteiger partial charge in [-0.2, -0.15) is 0 Å². The van der Waals surface area contributed by atoms with Crippen LogP contribution in [0.3, 0.4) is 0 Å². The summed E-state index contributed by atoms with van der Waals surface area (Å²) < 4.78 is 0. The Bertz CT molecular complexity index is 5940. The molecular weight excluding hydrogens is 1310 g/mol. The number of rotatable bonds is 13. The Morgan fingerprint density at radius 2 is 0.542 bits per heavy atom. The standard InChI is InChI=1S/C33H24N4.2C31H22N4/c1-23-9-8-14-30(34-23)26-19-15-24(16-20-26)25-17-21-29(22-18-25)33-36-31(27-10-4-2-5-11-27)35-32(37-33)28-12-6-3-7-13-28;1-21-17-18-26(27-16-9-19-32-28(21)27)24-14-8-15-25(20-24)31-34-29(22-10-4-2-5-11-22)33-30(35-31)23-12-6-3-7-13-23;1-21-28-17-16-26(20-27(28)18-19-32-21)22-12-14-25(15-13-22)31-34-29(23-8-4-2-5-9-23)33-30(35-31)24-10-6-3-7-11-24/h2-22H,1H3;2*2-20H,1H3. The lowest BCUT2D eigenvalue weighted by Crippen LogP contribution is -2.00. The minimum atomic E-state index is 0.647. The number of benzene rings is 12. The summed E-state index contributed by atoms with van der Waals surface area (Å²) >= 11 is 0.